The number of hydrogen-bond acceptors (Lipinski definition) is 7. The zero-order valence-corrected chi connectivity index (χ0v) is 15.0. The van der Waals surface area contributed by atoms with Crippen LogP contribution < -0.4 is 11.1 Å². The lowest BCUT2D eigenvalue weighted by Crippen LogP contribution is -2.08. The van der Waals surface area contributed by atoms with Gasteiger partial charge in [-0.05, 0) is 23.8 Å². The largest absolute Gasteiger partial charge is 0.444 e. The molecule has 0 aliphatic carbocycles. The van der Waals surface area contributed by atoms with Crippen LogP contribution in [0.3, 0.4) is 0 Å². The highest BCUT2D eigenvalue weighted by atomic mass is 19.1. The number of hydrogen-bond donors (Lipinski definition) is 2. The Hall–Kier alpha value is -3.81. The molecule has 1 unspecified atom stereocenters. The van der Waals surface area contributed by atoms with Gasteiger partial charge in [-0.25, -0.2) is 19.3 Å². The third kappa shape index (κ3) is 3.52. The first-order valence-electron chi connectivity index (χ1n) is 8.59. The maximum Gasteiger partial charge on any atom is 0.181 e. The van der Waals surface area contributed by atoms with Crippen LogP contribution in [0, 0.1) is 5.82 Å². The minimum absolute atomic E-state index is 0.140. The van der Waals surface area contributed by atoms with Crippen molar-refractivity contribution < 1.29 is 8.81 Å². The van der Waals surface area contributed by atoms with Crippen LogP contribution in [0.4, 0.5) is 21.8 Å². The van der Waals surface area contributed by atoms with Crippen LogP contribution in [0.5, 0.6) is 0 Å². The van der Waals surface area contributed by atoms with E-state index in [9.17, 15) is 4.39 Å². The predicted molar refractivity (Wildman–Crippen MR) is 103 cm³/mol. The van der Waals surface area contributed by atoms with E-state index in [1.807, 2.05) is 13.0 Å². The number of aromatic nitrogens is 4. The maximum atomic E-state index is 13.3. The summed E-state index contributed by atoms with van der Waals surface area (Å²) in [5.74, 6) is 1.49. The second-order valence-electron chi connectivity index (χ2n) is 6.21. The van der Waals surface area contributed by atoms with Crippen LogP contribution in [0.1, 0.15) is 24.0 Å². The molecule has 0 aliphatic heterocycles. The number of nitrogens with one attached hydrogen (secondary N) is 1. The zero-order valence-electron chi connectivity index (χ0n) is 15.0. The molecule has 0 saturated carbocycles. The van der Waals surface area contributed by atoms with E-state index in [0.29, 0.717) is 23.2 Å². The van der Waals surface area contributed by atoms with Crippen molar-refractivity contribution in [2.75, 3.05) is 11.1 Å². The molecule has 0 saturated heterocycles. The molecule has 28 heavy (non-hydrogen) atoms. The van der Waals surface area contributed by atoms with Crippen molar-refractivity contribution in [1.82, 2.24) is 19.9 Å². The fourth-order valence-electron chi connectivity index (χ4n) is 3.06. The molecular formula is C20H17FN6O. The molecule has 0 aliphatic rings. The van der Waals surface area contributed by atoms with Crippen molar-refractivity contribution in [3.63, 3.8) is 0 Å². The van der Waals surface area contributed by atoms with E-state index in [-0.39, 0.29) is 11.7 Å². The Bertz CT molecular complexity index is 1070. The van der Waals surface area contributed by atoms with Gasteiger partial charge in [0.25, 0.3) is 0 Å². The Kier molecular flexibility index (Phi) is 4.67. The summed E-state index contributed by atoms with van der Waals surface area (Å²) in [7, 11) is 0. The number of nitrogens with two attached hydrogens (primary N) is 1. The van der Waals surface area contributed by atoms with Crippen molar-refractivity contribution in [1.29, 1.82) is 0 Å². The van der Waals surface area contributed by atoms with Crippen molar-refractivity contribution in [2.45, 2.75) is 12.8 Å². The van der Waals surface area contributed by atoms with Crippen LogP contribution in [-0.4, -0.2) is 19.9 Å². The smallest absolute Gasteiger partial charge is 0.181 e. The lowest BCUT2D eigenvalue weighted by molar-refractivity contribution is 0.571. The van der Waals surface area contributed by atoms with Crippen LogP contribution in [0.15, 0.2) is 65.9 Å². The summed E-state index contributed by atoms with van der Waals surface area (Å²) in [6, 6.07) is 8.13. The minimum Gasteiger partial charge on any atom is -0.444 e. The maximum absolute atomic E-state index is 13.3. The van der Waals surface area contributed by atoms with Gasteiger partial charge in [0.2, 0.25) is 0 Å². The summed E-state index contributed by atoms with van der Waals surface area (Å²) in [6.07, 6.45) is 7.71. The molecule has 3 heterocycles. The van der Waals surface area contributed by atoms with E-state index >= 15 is 0 Å². The van der Waals surface area contributed by atoms with Crippen molar-refractivity contribution in [3.8, 4) is 11.3 Å². The van der Waals surface area contributed by atoms with E-state index in [2.05, 4.69) is 25.3 Å². The molecule has 3 aromatic heterocycles. The fraction of sp³-hybridized carbons (Fsp3) is 0.100. The Morgan fingerprint density at radius 1 is 1.07 bits per heavy atom. The van der Waals surface area contributed by atoms with Crippen molar-refractivity contribution >= 4 is 17.5 Å². The van der Waals surface area contributed by atoms with Gasteiger partial charge in [-0.1, -0.05) is 19.1 Å². The summed E-state index contributed by atoms with van der Waals surface area (Å²) < 4.78 is 18.8. The Morgan fingerprint density at radius 3 is 2.57 bits per heavy atom. The summed E-state index contributed by atoms with van der Waals surface area (Å²) in [4.78, 5) is 16.7. The number of rotatable bonds is 5. The molecule has 8 heteroatoms. The average Bonchev–Trinajstić information content (AvgIpc) is 3.23. The quantitative estimate of drug-likeness (QED) is 0.539. The summed E-state index contributed by atoms with van der Waals surface area (Å²) in [5.41, 5.74) is 8.75. The van der Waals surface area contributed by atoms with Crippen molar-refractivity contribution in [2.24, 2.45) is 0 Å². The highest BCUT2D eigenvalue weighted by molar-refractivity contribution is 5.74. The fourth-order valence-corrected chi connectivity index (χ4v) is 3.06. The molecule has 0 radical (unpaired) electrons. The standard InChI is InChI=1S/C20H17FN6O/c1-12(13-2-4-14(21)5-3-13)19-15(16-9-24-11-28-16)8-17(27-20(19)22)26-18-10-23-6-7-25-18/h2-12H,1H3,(H3,22,25,26,27). The van der Waals surface area contributed by atoms with Gasteiger partial charge in [-0.2, -0.15) is 0 Å². The Morgan fingerprint density at radius 2 is 1.89 bits per heavy atom. The molecule has 140 valence electrons. The number of halogens is 1. The molecule has 4 aromatic rings. The zero-order chi connectivity index (χ0) is 19.5. The number of oxazole rings is 1. The lowest BCUT2D eigenvalue weighted by Gasteiger charge is -2.19. The van der Waals surface area contributed by atoms with Gasteiger partial charge in [0, 0.05) is 29.4 Å². The molecule has 7 nitrogen and oxygen atoms in total. The lowest BCUT2D eigenvalue weighted by atomic mass is 9.89. The van der Waals surface area contributed by atoms with Crippen LogP contribution in [-0.2, 0) is 0 Å². The molecule has 0 bridgehead atoms. The van der Waals surface area contributed by atoms with E-state index in [1.54, 1.807) is 36.9 Å². The normalized spacial score (nSPS) is 11.9. The van der Waals surface area contributed by atoms with Gasteiger partial charge < -0.3 is 15.5 Å². The highest BCUT2D eigenvalue weighted by Gasteiger charge is 2.21. The van der Waals surface area contributed by atoms with Crippen molar-refractivity contribution in [3.05, 3.63) is 78.5 Å². The average molecular weight is 376 g/mol. The SMILES string of the molecule is CC(c1ccc(F)cc1)c1c(-c2cnco2)cc(Nc2cnccn2)nc1N. The monoisotopic (exact) mass is 376 g/mol. The van der Waals surface area contributed by atoms with Crippen LogP contribution in [0.25, 0.3) is 11.3 Å². The molecule has 1 aromatic carbocycles. The summed E-state index contributed by atoms with van der Waals surface area (Å²) >= 11 is 0. The van der Waals surface area contributed by atoms with E-state index < -0.39 is 0 Å². The van der Waals surface area contributed by atoms with E-state index in [4.69, 9.17) is 10.2 Å². The number of nitrogens with zero attached hydrogens (tertiary/aromatic N) is 4. The first-order valence-corrected chi connectivity index (χ1v) is 8.59. The number of nitrogen functional groups attached to an aromatic ring is 1. The molecule has 0 spiro atoms. The molecule has 3 N–H and O–H groups in total. The van der Waals surface area contributed by atoms with Gasteiger partial charge in [0.1, 0.15) is 23.3 Å². The molecule has 0 amide bonds. The second kappa shape index (κ2) is 7.43. The molecule has 0 fully saturated rings. The Balaban J connectivity index is 1.80. The van der Waals surface area contributed by atoms with Crippen LogP contribution in [0.2, 0.25) is 0 Å². The first-order chi connectivity index (χ1) is 13.6. The Labute approximate surface area is 160 Å². The van der Waals surface area contributed by atoms with E-state index in [1.165, 1.54) is 18.5 Å². The van der Waals surface area contributed by atoms with Crippen LogP contribution >= 0.6 is 0 Å². The predicted octanol–water partition coefficient (Wildman–Crippen LogP) is 4.14. The molecule has 1 atom stereocenters. The van der Waals surface area contributed by atoms with Gasteiger partial charge >= 0.3 is 0 Å². The third-order valence-electron chi connectivity index (χ3n) is 4.41. The second-order valence-corrected chi connectivity index (χ2v) is 6.21. The number of anilines is 3. The summed E-state index contributed by atoms with van der Waals surface area (Å²) in [5, 5.41) is 3.08. The number of pyridine rings is 1. The highest BCUT2D eigenvalue weighted by Crippen LogP contribution is 2.38. The topological polar surface area (TPSA) is 103 Å². The van der Waals surface area contributed by atoms with Gasteiger partial charge in [0.15, 0.2) is 12.2 Å². The van der Waals surface area contributed by atoms with Gasteiger partial charge in [0.05, 0.1) is 12.4 Å². The molecular weight excluding hydrogens is 359 g/mol. The third-order valence-corrected chi connectivity index (χ3v) is 4.41. The number of benzene rings is 1. The first kappa shape index (κ1) is 17.6. The summed E-state index contributed by atoms with van der Waals surface area (Å²) in [6.45, 7) is 1.98. The van der Waals surface area contributed by atoms with Gasteiger partial charge in [-0.3, -0.25) is 4.98 Å². The van der Waals surface area contributed by atoms with Gasteiger partial charge in [-0.15, -0.1) is 0 Å². The van der Waals surface area contributed by atoms with E-state index in [0.717, 1.165) is 16.7 Å². The minimum atomic E-state index is -0.291. The molecule has 4 rings (SSSR count).